The van der Waals surface area contributed by atoms with Crippen molar-refractivity contribution in [3.63, 3.8) is 0 Å². The van der Waals surface area contributed by atoms with Gasteiger partial charge in [0.2, 0.25) is 5.91 Å². The molecule has 1 aromatic carbocycles. The van der Waals surface area contributed by atoms with E-state index < -0.39 is 6.29 Å². The second-order valence-electron chi connectivity index (χ2n) is 4.27. The number of carbonyl (C=O) groups excluding carboxylic acids is 1. The Morgan fingerprint density at radius 2 is 2.06 bits per heavy atom. The molecule has 1 fully saturated rings. The molecular formula is C11H10F2N2O3. The molecule has 1 atom stereocenters. The number of amides is 1. The first kappa shape index (κ1) is 11.2. The molecule has 0 aliphatic carbocycles. The summed E-state index contributed by atoms with van der Waals surface area (Å²) in [6.07, 6.45) is -3.39. The molecule has 0 bridgehead atoms. The Morgan fingerprint density at radius 1 is 1.33 bits per heavy atom. The largest absolute Gasteiger partial charge is 0.586 e. The number of anilines is 1. The van der Waals surface area contributed by atoms with Crippen molar-refractivity contribution in [2.24, 2.45) is 5.73 Å². The molecule has 3 rings (SSSR count). The summed E-state index contributed by atoms with van der Waals surface area (Å²) < 4.78 is 34.3. The topological polar surface area (TPSA) is 64.8 Å². The third-order valence-corrected chi connectivity index (χ3v) is 2.85. The monoisotopic (exact) mass is 256 g/mol. The van der Waals surface area contributed by atoms with Gasteiger partial charge in [0, 0.05) is 30.8 Å². The van der Waals surface area contributed by atoms with Crippen molar-refractivity contribution in [1.29, 1.82) is 0 Å². The number of nitrogens with two attached hydrogens (primary N) is 1. The van der Waals surface area contributed by atoms with Gasteiger partial charge in [-0.25, -0.2) is 0 Å². The summed E-state index contributed by atoms with van der Waals surface area (Å²) in [4.78, 5) is 13.1. The quantitative estimate of drug-likeness (QED) is 0.816. The molecule has 1 aromatic rings. The van der Waals surface area contributed by atoms with Crippen molar-refractivity contribution in [2.45, 2.75) is 18.8 Å². The maximum atomic E-state index is 12.8. The highest BCUT2D eigenvalue weighted by atomic mass is 19.3. The van der Waals surface area contributed by atoms with Crippen molar-refractivity contribution in [2.75, 3.05) is 11.4 Å². The van der Waals surface area contributed by atoms with Gasteiger partial charge in [-0.2, -0.15) is 0 Å². The van der Waals surface area contributed by atoms with Crippen molar-refractivity contribution in [1.82, 2.24) is 0 Å². The van der Waals surface area contributed by atoms with Crippen LogP contribution in [-0.4, -0.2) is 24.8 Å². The molecule has 2 aliphatic heterocycles. The number of ether oxygens (including phenoxy) is 2. The number of carbonyl (C=O) groups is 1. The Labute approximate surface area is 101 Å². The minimum Gasteiger partial charge on any atom is -0.395 e. The highest BCUT2D eigenvalue weighted by Gasteiger charge is 2.43. The van der Waals surface area contributed by atoms with Gasteiger partial charge < -0.3 is 20.1 Å². The Hall–Kier alpha value is -1.89. The summed E-state index contributed by atoms with van der Waals surface area (Å²) in [6.45, 7) is 0.370. The van der Waals surface area contributed by atoms with Gasteiger partial charge in [-0.05, 0) is 12.1 Å². The number of halogens is 2. The molecule has 2 N–H and O–H groups in total. The van der Waals surface area contributed by atoms with Crippen molar-refractivity contribution in [3.8, 4) is 11.5 Å². The molecule has 0 aromatic heterocycles. The highest BCUT2D eigenvalue weighted by molar-refractivity contribution is 5.96. The summed E-state index contributed by atoms with van der Waals surface area (Å²) in [5.41, 5.74) is 6.15. The molecular weight excluding hydrogens is 246 g/mol. The molecule has 0 saturated carbocycles. The lowest BCUT2D eigenvalue weighted by atomic mass is 10.2. The fraction of sp³-hybridized carbons (Fsp3) is 0.364. The molecule has 7 heteroatoms. The number of benzene rings is 1. The Balaban J connectivity index is 1.91. The van der Waals surface area contributed by atoms with E-state index in [2.05, 4.69) is 9.47 Å². The van der Waals surface area contributed by atoms with Gasteiger partial charge in [0.15, 0.2) is 11.5 Å². The van der Waals surface area contributed by atoms with E-state index in [1.807, 2.05) is 0 Å². The zero-order chi connectivity index (χ0) is 12.9. The first-order chi connectivity index (χ1) is 8.44. The molecule has 2 heterocycles. The van der Waals surface area contributed by atoms with Crippen LogP contribution in [0.15, 0.2) is 18.2 Å². The Kier molecular flexibility index (Phi) is 2.21. The molecule has 0 radical (unpaired) electrons. The van der Waals surface area contributed by atoms with Crippen molar-refractivity contribution in [3.05, 3.63) is 18.2 Å². The van der Waals surface area contributed by atoms with Gasteiger partial charge in [0.25, 0.3) is 0 Å². The zero-order valence-electron chi connectivity index (χ0n) is 9.23. The van der Waals surface area contributed by atoms with Crippen LogP contribution in [0.25, 0.3) is 0 Å². The first-order valence-electron chi connectivity index (χ1n) is 5.40. The van der Waals surface area contributed by atoms with E-state index in [1.54, 1.807) is 0 Å². The van der Waals surface area contributed by atoms with Crippen LogP contribution < -0.4 is 20.1 Å². The minimum atomic E-state index is -3.65. The Bertz CT molecular complexity index is 521. The normalized spacial score (nSPS) is 24.7. The third kappa shape index (κ3) is 1.76. The number of hydrogen-bond donors (Lipinski definition) is 1. The molecule has 96 valence electrons. The standard InChI is InChI=1S/C11H10F2N2O3/c12-11(13)17-8-2-1-7(4-9(8)18-11)15-5-6(14)3-10(15)16/h1-2,4,6H,3,5,14H2. The highest BCUT2D eigenvalue weighted by Crippen LogP contribution is 2.43. The zero-order valence-corrected chi connectivity index (χ0v) is 9.23. The van der Waals surface area contributed by atoms with Crippen molar-refractivity contribution >= 4 is 11.6 Å². The molecule has 18 heavy (non-hydrogen) atoms. The average molecular weight is 256 g/mol. The smallest absolute Gasteiger partial charge is 0.395 e. The van der Waals surface area contributed by atoms with Gasteiger partial charge in [0.1, 0.15) is 0 Å². The van der Waals surface area contributed by atoms with Gasteiger partial charge in [-0.15, -0.1) is 8.78 Å². The lowest BCUT2D eigenvalue weighted by Gasteiger charge is -2.16. The fourth-order valence-electron chi connectivity index (χ4n) is 2.09. The number of hydrogen-bond acceptors (Lipinski definition) is 4. The Morgan fingerprint density at radius 3 is 2.72 bits per heavy atom. The lowest BCUT2D eigenvalue weighted by molar-refractivity contribution is -0.286. The van der Waals surface area contributed by atoms with E-state index in [1.165, 1.54) is 23.1 Å². The van der Waals surface area contributed by atoms with Crippen LogP contribution >= 0.6 is 0 Å². The van der Waals surface area contributed by atoms with E-state index in [9.17, 15) is 13.6 Å². The predicted octanol–water partition coefficient (Wildman–Crippen LogP) is 1.07. The fourth-order valence-corrected chi connectivity index (χ4v) is 2.09. The van der Waals surface area contributed by atoms with Crippen LogP contribution in [-0.2, 0) is 4.79 Å². The third-order valence-electron chi connectivity index (χ3n) is 2.85. The summed E-state index contributed by atoms with van der Waals surface area (Å²) in [5.74, 6) is -0.251. The van der Waals surface area contributed by atoms with Crippen LogP contribution in [0.1, 0.15) is 6.42 Å². The number of nitrogens with zero attached hydrogens (tertiary/aromatic N) is 1. The van der Waals surface area contributed by atoms with E-state index in [0.717, 1.165) is 0 Å². The molecule has 2 aliphatic rings. The second kappa shape index (κ2) is 3.55. The molecule has 1 amide bonds. The van der Waals surface area contributed by atoms with Crippen LogP contribution in [0.5, 0.6) is 11.5 Å². The van der Waals surface area contributed by atoms with E-state index in [4.69, 9.17) is 5.73 Å². The molecule has 1 saturated heterocycles. The minimum absolute atomic E-state index is 0.0419. The number of fused-ring (bicyclic) bond motifs is 1. The van der Waals surface area contributed by atoms with E-state index >= 15 is 0 Å². The van der Waals surface area contributed by atoms with Gasteiger partial charge in [0.05, 0.1) is 0 Å². The SMILES string of the molecule is NC1CC(=O)N(c2ccc3c(c2)OC(F)(F)O3)C1. The van der Waals surface area contributed by atoms with E-state index in [-0.39, 0.29) is 29.9 Å². The predicted molar refractivity (Wildman–Crippen MR) is 57.6 cm³/mol. The van der Waals surface area contributed by atoms with Gasteiger partial charge in [-0.3, -0.25) is 4.79 Å². The second-order valence-corrected chi connectivity index (χ2v) is 4.27. The maximum Gasteiger partial charge on any atom is 0.586 e. The van der Waals surface area contributed by atoms with Crippen LogP contribution in [0.3, 0.4) is 0 Å². The number of alkyl halides is 2. The van der Waals surface area contributed by atoms with Crippen LogP contribution in [0.4, 0.5) is 14.5 Å². The number of rotatable bonds is 1. The first-order valence-corrected chi connectivity index (χ1v) is 5.40. The molecule has 5 nitrogen and oxygen atoms in total. The molecule has 1 unspecified atom stereocenters. The summed E-state index contributed by atoms with van der Waals surface area (Å²) >= 11 is 0. The summed E-state index contributed by atoms with van der Waals surface area (Å²) in [7, 11) is 0. The maximum absolute atomic E-state index is 12.8. The average Bonchev–Trinajstić information content (AvgIpc) is 2.74. The summed E-state index contributed by atoms with van der Waals surface area (Å²) in [5, 5.41) is 0. The summed E-state index contributed by atoms with van der Waals surface area (Å²) in [6, 6.07) is 4.00. The van der Waals surface area contributed by atoms with Crippen LogP contribution in [0.2, 0.25) is 0 Å². The van der Waals surface area contributed by atoms with Gasteiger partial charge >= 0.3 is 6.29 Å². The van der Waals surface area contributed by atoms with Crippen LogP contribution in [0, 0.1) is 0 Å². The van der Waals surface area contributed by atoms with Gasteiger partial charge in [-0.1, -0.05) is 0 Å². The lowest BCUT2D eigenvalue weighted by Crippen LogP contribution is -2.27. The molecule has 0 spiro atoms. The van der Waals surface area contributed by atoms with Crippen molar-refractivity contribution < 1.29 is 23.0 Å². The van der Waals surface area contributed by atoms with E-state index in [0.29, 0.717) is 12.2 Å².